The molecule has 1 heterocycles. The van der Waals surface area contributed by atoms with Crippen molar-refractivity contribution in [3.63, 3.8) is 0 Å². The van der Waals surface area contributed by atoms with Gasteiger partial charge in [0.05, 0.1) is 5.57 Å². The van der Waals surface area contributed by atoms with Crippen LogP contribution in [-0.4, -0.2) is 23.4 Å². The lowest BCUT2D eigenvalue weighted by Crippen LogP contribution is -2.35. The van der Waals surface area contributed by atoms with Gasteiger partial charge in [0.15, 0.2) is 0 Å². The summed E-state index contributed by atoms with van der Waals surface area (Å²) in [5.74, 6) is -1.57. The molecule has 1 atom stereocenters. The zero-order chi connectivity index (χ0) is 18.4. The fraction of sp³-hybridized carbons (Fsp3) is 0.211. The Bertz CT molecular complexity index is 744. The third-order valence-electron chi connectivity index (χ3n) is 3.45. The summed E-state index contributed by atoms with van der Waals surface area (Å²) in [5, 5.41) is 9.09. The lowest BCUT2D eigenvalue weighted by Gasteiger charge is -2.21. The van der Waals surface area contributed by atoms with Crippen molar-refractivity contribution in [1.82, 2.24) is 0 Å². The first kappa shape index (κ1) is 18.6. The second-order valence-electron chi connectivity index (χ2n) is 5.41. The van der Waals surface area contributed by atoms with Crippen molar-refractivity contribution in [3.05, 3.63) is 83.2 Å². The summed E-state index contributed by atoms with van der Waals surface area (Å²) in [4.78, 5) is 11.2. The zero-order valence-electron chi connectivity index (χ0n) is 13.5. The number of carboxylic acids is 1. The normalized spacial score (nSPS) is 21.4. The van der Waals surface area contributed by atoms with Crippen LogP contribution in [0.15, 0.2) is 83.2 Å². The number of rotatable bonds is 4. The minimum Gasteiger partial charge on any atom is -0.480 e. The Balaban J connectivity index is 2.37. The first-order valence-corrected chi connectivity index (χ1v) is 7.57. The number of carboxylic acid groups (broad SMARTS) is 1. The molecule has 0 fully saturated rings. The molecule has 2 rings (SSSR count). The predicted octanol–water partition coefficient (Wildman–Crippen LogP) is 4.79. The molecule has 6 heteroatoms. The minimum absolute atomic E-state index is 0.0758. The van der Waals surface area contributed by atoms with Gasteiger partial charge in [-0.1, -0.05) is 48.6 Å². The van der Waals surface area contributed by atoms with Gasteiger partial charge in [-0.25, -0.2) is 4.79 Å². The van der Waals surface area contributed by atoms with Crippen LogP contribution in [0.5, 0.6) is 0 Å². The second-order valence-corrected chi connectivity index (χ2v) is 5.41. The van der Waals surface area contributed by atoms with E-state index in [0.29, 0.717) is 11.1 Å². The Morgan fingerprint density at radius 2 is 1.92 bits per heavy atom. The Kier molecular flexibility index (Phi) is 5.85. The van der Waals surface area contributed by atoms with Gasteiger partial charge in [0, 0.05) is 6.42 Å². The smallest absolute Gasteiger partial charge is 0.429 e. The average Bonchev–Trinajstić information content (AvgIpc) is 2.83. The van der Waals surface area contributed by atoms with Crippen molar-refractivity contribution in [1.29, 1.82) is 0 Å². The summed E-state index contributed by atoms with van der Waals surface area (Å²) in [7, 11) is 0. The van der Waals surface area contributed by atoms with Crippen molar-refractivity contribution in [2.45, 2.75) is 25.6 Å². The van der Waals surface area contributed by atoms with Gasteiger partial charge in [-0.15, -0.1) is 0 Å². The molecule has 0 spiro atoms. The maximum atomic E-state index is 13.2. The summed E-state index contributed by atoms with van der Waals surface area (Å²) >= 11 is 0. The average molecular weight is 350 g/mol. The molecule has 132 valence electrons. The van der Waals surface area contributed by atoms with E-state index < -0.39 is 23.8 Å². The van der Waals surface area contributed by atoms with Crippen molar-refractivity contribution in [2.75, 3.05) is 0 Å². The van der Waals surface area contributed by atoms with Crippen LogP contribution in [0.2, 0.25) is 0 Å². The van der Waals surface area contributed by atoms with Gasteiger partial charge < -0.3 is 9.84 Å². The highest BCUT2D eigenvalue weighted by molar-refractivity contribution is 5.89. The van der Waals surface area contributed by atoms with E-state index in [4.69, 9.17) is 9.84 Å². The van der Waals surface area contributed by atoms with E-state index in [-0.39, 0.29) is 12.2 Å². The predicted molar refractivity (Wildman–Crippen MR) is 88.6 cm³/mol. The van der Waals surface area contributed by atoms with Gasteiger partial charge in [0.25, 0.3) is 0 Å². The highest BCUT2D eigenvalue weighted by Crippen LogP contribution is 2.36. The molecule has 0 aromatic rings. The number of carbonyl (C=O) groups is 1. The van der Waals surface area contributed by atoms with Crippen LogP contribution in [0.4, 0.5) is 13.2 Å². The van der Waals surface area contributed by atoms with Crippen LogP contribution in [0.25, 0.3) is 0 Å². The first-order valence-electron chi connectivity index (χ1n) is 7.57. The topological polar surface area (TPSA) is 46.5 Å². The van der Waals surface area contributed by atoms with Gasteiger partial charge in [-0.2, -0.15) is 13.2 Å². The van der Waals surface area contributed by atoms with Gasteiger partial charge in [0.2, 0.25) is 6.10 Å². The molecule has 1 aliphatic heterocycles. The summed E-state index contributed by atoms with van der Waals surface area (Å²) in [6.45, 7) is 1.88. The molecular weight excluding hydrogens is 333 g/mol. The molecule has 25 heavy (non-hydrogen) atoms. The largest absolute Gasteiger partial charge is 0.480 e. The number of fused-ring (bicyclic) bond motifs is 2. The number of ether oxygens (including phenoxy) is 1. The van der Waals surface area contributed by atoms with Crippen molar-refractivity contribution in [2.24, 2.45) is 0 Å². The Morgan fingerprint density at radius 1 is 1.20 bits per heavy atom. The van der Waals surface area contributed by atoms with Gasteiger partial charge in [0.1, 0.15) is 5.76 Å². The molecule has 0 amide bonds. The zero-order valence-corrected chi connectivity index (χ0v) is 13.5. The summed E-state index contributed by atoms with van der Waals surface area (Å²) in [6.07, 6.45) is 9.44. The second kappa shape index (κ2) is 7.88. The molecule has 0 radical (unpaired) electrons. The maximum Gasteiger partial charge on any atom is 0.429 e. The van der Waals surface area contributed by atoms with Crippen molar-refractivity contribution >= 4 is 5.97 Å². The molecule has 1 N–H and O–H groups in total. The number of aliphatic carboxylic acids is 1. The van der Waals surface area contributed by atoms with Crippen LogP contribution >= 0.6 is 0 Å². The molecule has 1 unspecified atom stereocenters. The summed E-state index contributed by atoms with van der Waals surface area (Å²) in [5.41, 5.74) is 0.287. The molecule has 0 saturated heterocycles. The molecule has 0 saturated carbocycles. The van der Waals surface area contributed by atoms with Crippen LogP contribution in [0.1, 0.15) is 13.3 Å². The molecule has 3 nitrogen and oxygen atoms in total. The van der Waals surface area contributed by atoms with Gasteiger partial charge >= 0.3 is 12.1 Å². The SMILES string of the molecule is C\C=C/C=C\C=C\C1=CC=C2C=C(C(=O)O)C(C(F)(F)F)OC(=C1)C2. The van der Waals surface area contributed by atoms with Crippen LogP contribution in [0.3, 0.4) is 0 Å². The van der Waals surface area contributed by atoms with Gasteiger partial charge in [-0.3, -0.25) is 0 Å². The minimum atomic E-state index is -4.81. The standard InChI is InChI=1S/C19H17F3O3/c1-2-3-4-5-6-7-13-8-9-14-11-15(10-13)25-17(19(20,21)22)16(12-14)18(23)24/h2-10,12,17H,11H2,1H3,(H,23,24)/b3-2-,5-4-,7-6+. The lowest BCUT2D eigenvalue weighted by atomic mass is 10.1. The number of alkyl halides is 3. The third-order valence-corrected chi connectivity index (χ3v) is 3.45. The van der Waals surface area contributed by atoms with E-state index in [1.807, 2.05) is 25.2 Å². The molecule has 2 bridgehead atoms. The fourth-order valence-electron chi connectivity index (χ4n) is 2.34. The molecule has 0 aromatic carbocycles. The van der Waals surface area contributed by atoms with E-state index in [1.54, 1.807) is 30.4 Å². The summed E-state index contributed by atoms with van der Waals surface area (Å²) in [6, 6.07) is 0. The van der Waals surface area contributed by atoms with Crippen molar-refractivity contribution < 1.29 is 27.8 Å². The molecule has 1 aliphatic carbocycles. The van der Waals surface area contributed by atoms with Crippen LogP contribution in [0, 0.1) is 0 Å². The number of hydrogen-bond donors (Lipinski definition) is 1. The summed E-state index contributed by atoms with van der Waals surface area (Å²) < 4.78 is 44.6. The van der Waals surface area contributed by atoms with Crippen molar-refractivity contribution in [3.8, 4) is 0 Å². The van der Waals surface area contributed by atoms with Crippen LogP contribution in [-0.2, 0) is 9.53 Å². The Morgan fingerprint density at radius 3 is 2.56 bits per heavy atom. The molecular formula is C19H17F3O3. The lowest BCUT2D eigenvalue weighted by molar-refractivity contribution is -0.199. The van der Waals surface area contributed by atoms with Gasteiger partial charge in [-0.05, 0) is 30.2 Å². The molecule has 0 aromatic heterocycles. The monoisotopic (exact) mass is 350 g/mol. The number of allylic oxidation sites excluding steroid dienone is 12. The number of halogens is 3. The van der Waals surface area contributed by atoms with E-state index >= 15 is 0 Å². The Hall–Kier alpha value is -2.76. The highest BCUT2D eigenvalue weighted by atomic mass is 19.4. The quantitative estimate of drug-likeness (QED) is 0.742. The third kappa shape index (κ3) is 5.11. The van der Waals surface area contributed by atoms with E-state index in [1.165, 1.54) is 6.08 Å². The molecule has 2 aliphatic rings. The maximum absolute atomic E-state index is 13.2. The van der Waals surface area contributed by atoms with E-state index in [9.17, 15) is 18.0 Å². The van der Waals surface area contributed by atoms with Crippen LogP contribution < -0.4 is 0 Å². The Labute approximate surface area is 143 Å². The number of hydrogen-bond acceptors (Lipinski definition) is 2. The van der Waals surface area contributed by atoms with E-state index in [0.717, 1.165) is 6.08 Å². The fourth-order valence-corrected chi connectivity index (χ4v) is 2.34. The van der Waals surface area contributed by atoms with E-state index in [2.05, 4.69) is 0 Å². The highest BCUT2D eigenvalue weighted by Gasteiger charge is 2.48. The first-order chi connectivity index (χ1) is 11.8.